The molecule has 0 aliphatic carbocycles. The van der Waals surface area contributed by atoms with E-state index in [4.69, 9.17) is 15.0 Å². The molecule has 0 radical (unpaired) electrons. The standard InChI is InChI=1S/C23H30FN3O6S2/c1-4-9-27(10-11-35(30,31)32)22(29)23(2,3)13-17-6-8-20(34-17)21(28)33-19-7-5-16(12-18(19)24)14-26-15-25/h4-8,12,26H,1,9-11,13-15,25H2,2-3H3,(H,30,31,32). The van der Waals surface area contributed by atoms with Crippen LogP contribution in [0, 0.1) is 11.2 Å². The number of rotatable bonds is 13. The zero-order valence-electron chi connectivity index (χ0n) is 19.6. The van der Waals surface area contributed by atoms with Crippen molar-refractivity contribution in [3.8, 4) is 5.75 Å². The van der Waals surface area contributed by atoms with Gasteiger partial charge in [0.1, 0.15) is 4.88 Å². The topological polar surface area (TPSA) is 139 Å². The molecule has 1 aromatic carbocycles. The van der Waals surface area contributed by atoms with Crippen molar-refractivity contribution < 1.29 is 31.7 Å². The van der Waals surface area contributed by atoms with E-state index in [2.05, 4.69) is 11.9 Å². The monoisotopic (exact) mass is 527 g/mol. The summed E-state index contributed by atoms with van der Waals surface area (Å²) in [5.41, 5.74) is 5.08. The summed E-state index contributed by atoms with van der Waals surface area (Å²) < 4.78 is 50.7. The average Bonchev–Trinajstić information content (AvgIpc) is 3.23. The van der Waals surface area contributed by atoms with Crippen molar-refractivity contribution in [2.75, 3.05) is 25.5 Å². The fourth-order valence-corrected chi connectivity index (χ4v) is 4.85. The first-order valence-corrected chi connectivity index (χ1v) is 13.1. The van der Waals surface area contributed by atoms with Crippen LogP contribution < -0.4 is 15.8 Å². The molecule has 0 bridgehead atoms. The number of benzene rings is 1. The van der Waals surface area contributed by atoms with Crippen molar-refractivity contribution in [3.63, 3.8) is 0 Å². The van der Waals surface area contributed by atoms with Gasteiger partial charge in [-0.05, 0) is 36.2 Å². The van der Waals surface area contributed by atoms with Gasteiger partial charge < -0.3 is 20.7 Å². The van der Waals surface area contributed by atoms with Crippen LogP contribution in [-0.2, 0) is 27.9 Å². The van der Waals surface area contributed by atoms with Gasteiger partial charge >= 0.3 is 5.97 Å². The van der Waals surface area contributed by atoms with Crippen molar-refractivity contribution in [1.29, 1.82) is 0 Å². The van der Waals surface area contributed by atoms with Gasteiger partial charge in [0.15, 0.2) is 11.6 Å². The van der Waals surface area contributed by atoms with E-state index in [1.165, 1.54) is 23.1 Å². The van der Waals surface area contributed by atoms with Crippen LogP contribution in [0.5, 0.6) is 5.75 Å². The van der Waals surface area contributed by atoms with Gasteiger partial charge in [0.25, 0.3) is 10.1 Å². The molecule has 2 rings (SSSR count). The van der Waals surface area contributed by atoms with E-state index in [0.29, 0.717) is 17.0 Å². The third-order valence-electron chi connectivity index (χ3n) is 4.99. The molecule has 0 aliphatic heterocycles. The summed E-state index contributed by atoms with van der Waals surface area (Å²) in [6.07, 6.45) is 1.73. The van der Waals surface area contributed by atoms with Gasteiger partial charge in [-0.25, -0.2) is 9.18 Å². The molecule has 1 amide bonds. The molecule has 192 valence electrons. The number of nitrogens with two attached hydrogens (primary N) is 1. The molecule has 1 heterocycles. The van der Waals surface area contributed by atoms with E-state index < -0.39 is 33.1 Å². The molecule has 35 heavy (non-hydrogen) atoms. The van der Waals surface area contributed by atoms with E-state index in [1.807, 2.05) is 0 Å². The SMILES string of the molecule is C=CCN(CCS(=O)(=O)O)C(=O)C(C)(C)Cc1ccc(C(=O)Oc2ccc(CNCN)cc2F)s1. The maximum absolute atomic E-state index is 14.3. The van der Waals surface area contributed by atoms with Crippen molar-refractivity contribution in [1.82, 2.24) is 10.2 Å². The number of hydrogen-bond donors (Lipinski definition) is 3. The van der Waals surface area contributed by atoms with E-state index in [0.717, 1.165) is 11.3 Å². The fraction of sp³-hybridized carbons (Fsp3) is 0.391. The minimum Gasteiger partial charge on any atom is -0.419 e. The highest BCUT2D eigenvalue weighted by molar-refractivity contribution is 7.85. The Hall–Kier alpha value is -2.64. The number of esters is 1. The number of nitrogens with zero attached hydrogens (tertiary/aromatic N) is 1. The van der Waals surface area contributed by atoms with Gasteiger partial charge in [0.2, 0.25) is 5.91 Å². The summed E-state index contributed by atoms with van der Waals surface area (Å²) in [5.74, 6) is -2.51. The van der Waals surface area contributed by atoms with Crippen LogP contribution in [0.15, 0.2) is 43.0 Å². The molecule has 0 aliphatic rings. The Bertz CT molecular complexity index is 1160. The summed E-state index contributed by atoms with van der Waals surface area (Å²) in [6.45, 7) is 7.55. The van der Waals surface area contributed by atoms with Crippen LogP contribution >= 0.6 is 11.3 Å². The third kappa shape index (κ3) is 8.82. The number of nitrogens with one attached hydrogen (secondary N) is 1. The summed E-state index contributed by atoms with van der Waals surface area (Å²) in [5, 5.41) is 2.87. The maximum Gasteiger partial charge on any atom is 0.353 e. The first-order chi connectivity index (χ1) is 16.4. The molecule has 12 heteroatoms. The number of carbonyl (C=O) groups is 2. The second kappa shape index (κ2) is 12.4. The lowest BCUT2D eigenvalue weighted by molar-refractivity contribution is -0.139. The molecule has 0 unspecified atom stereocenters. The number of halogens is 1. The van der Waals surface area contributed by atoms with Crippen LogP contribution in [-0.4, -0.2) is 55.3 Å². The number of amides is 1. The second-order valence-electron chi connectivity index (χ2n) is 8.44. The predicted octanol–water partition coefficient (Wildman–Crippen LogP) is 2.58. The minimum absolute atomic E-state index is 0.117. The summed E-state index contributed by atoms with van der Waals surface area (Å²) in [4.78, 5) is 27.8. The van der Waals surface area contributed by atoms with Crippen LogP contribution in [0.1, 0.15) is 34.0 Å². The number of hydrogen-bond acceptors (Lipinski definition) is 8. The second-order valence-corrected chi connectivity index (χ2v) is 11.2. The number of thiophene rings is 1. The number of carbonyl (C=O) groups excluding carboxylic acids is 2. The van der Waals surface area contributed by atoms with Gasteiger partial charge in [-0.1, -0.05) is 26.0 Å². The van der Waals surface area contributed by atoms with Crippen molar-refractivity contribution >= 4 is 33.3 Å². The van der Waals surface area contributed by atoms with Crippen LogP contribution in [0.25, 0.3) is 0 Å². The lowest BCUT2D eigenvalue weighted by atomic mass is 9.87. The van der Waals surface area contributed by atoms with E-state index >= 15 is 0 Å². The lowest BCUT2D eigenvalue weighted by Gasteiger charge is -2.31. The Morgan fingerprint density at radius 3 is 2.63 bits per heavy atom. The van der Waals surface area contributed by atoms with Crippen molar-refractivity contribution in [2.24, 2.45) is 11.1 Å². The fourth-order valence-electron chi connectivity index (χ4n) is 3.28. The molecule has 1 aromatic heterocycles. The smallest absolute Gasteiger partial charge is 0.353 e. The highest BCUT2D eigenvalue weighted by Gasteiger charge is 2.33. The quantitative estimate of drug-likeness (QED) is 0.119. The zero-order chi connectivity index (χ0) is 26.2. The summed E-state index contributed by atoms with van der Waals surface area (Å²) in [7, 11) is -4.23. The Labute approximate surface area is 208 Å². The first kappa shape index (κ1) is 28.6. The van der Waals surface area contributed by atoms with E-state index in [1.54, 1.807) is 32.0 Å². The van der Waals surface area contributed by atoms with Gasteiger partial charge in [-0.15, -0.1) is 17.9 Å². The Balaban J connectivity index is 2.07. The molecule has 0 saturated heterocycles. The van der Waals surface area contributed by atoms with E-state index in [-0.39, 0.29) is 42.7 Å². The van der Waals surface area contributed by atoms with Crippen molar-refractivity contribution in [3.05, 3.63) is 64.1 Å². The van der Waals surface area contributed by atoms with Crippen LogP contribution in [0.2, 0.25) is 0 Å². The van der Waals surface area contributed by atoms with Gasteiger partial charge in [-0.2, -0.15) is 8.42 Å². The molecule has 0 spiro atoms. The maximum atomic E-state index is 14.3. The molecule has 0 saturated carbocycles. The largest absolute Gasteiger partial charge is 0.419 e. The Morgan fingerprint density at radius 1 is 1.31 bits per heavy atom. The highest BCUT2D eigenvalue weighted by atomic mass is 32.2. The number of ether oxygens (including phenoxy) is 1. The zero-order valence-corrected chi connectivity index (χ0v) is 21.3. The molecule has 0 fully saturated rings. The Kier molecular flexibility index (Phi) is 10.1. The van der Waals surface area contributed by atoms with Gasteiger partial charge in [0, 0.05) is 36.6 Å². The van der Waals surface area contributed by atoms with Crippen LogP contribution in [0.4, 0.5) is 4.39 Å². The van der Waals surface area contributed by atoms with Gasteiger partial charge in [-0.3, -0.25) is 9.35 Å². The first-order valence-electron chi connectivity index (χ1n) is 10.7. The lowest BCUT2D eigenvalue weighted by Crippen LogP contribution is -2.44. The molecule has 9 nitrogen and oxygen atoms in total. The summed E-state index contributed by atoms with van der Waals surface area (Å²) >= 11 is 1.12. The molecule has 0 atom stereocenters. The molecular weight excluding hydrogens is 497 g/mol. The third-order valence-corrected chi connectivity index (χ3v) is 6.75. The Morgan fingerprint density at radius 2 is 2.03 bits per heavy atom. The average molecular weight is 528 g/mol. The molecular formula is C23H30FN3O6S2. The van der Waals surface area contributed by atoms with Crippen LogP contribution in [0.3, 0.4) is 0 Å². The highest BCUT2D eigenvalue weighted by Crippen LogP contribution is 2.30. The van der Waals surface area contributed by atoms with Crippen molar-refractivity contribution in [2.45, 2.75) is 26.8 Å². The van der Waals surface area contributed by atoms with Gasteiger partial charge in [0.05, 0.1) is 5.75 Å². The minimum atomic E-state index is -4.23. The van der Waals surface area contributed by atoms with E-state index in [9.17, 15) is 22.4 Å². The molecule has 4 N–H and O–H groups in total. The predicted molar refractivity (Wildman–Crippen MR) is 132 cm³/mol. The molecule has 2 aromatic rings. The normalized spacial score (nSPS) is 11.8. The summed E-state index contributed by atoms with van der Waals surface area (Å²) in [6, 6.07) is 7.48.